The van der Waals surface area contributed by atoms with Gasteiger partial charge in [-0.1, -0.05) is 32.4 Å². The van der Waals surface area contributed by atoms with Crippen LogP contribution in [0.2, 0.25) is 0 Å². The predicted molar refractivity (Wildman–Crippen MR) is 89.5 cm³/mol. The Labute approximate surface area is 132 Å². The van der Waals surface area contributed by atoms with Crippen molar-refractivity contribution in [2.75, 3.05) is 4.72 Å². The first-order valence-electron chi connectivity index (χ1n) is 7.62. The molecule has 118 valence electrons. The summed E-state index contributed by atoms with van der Waals surface area (Å²) in [5, 5.41) is 0. The molecule has 0 radical (unpaired) electrons. The van der Waals surface area contributed by atoms with Crippen molar-refractivity contribution < 1.29 is 8.42 Å². The normalized spacial score (nSPS) is 11.4. The summed E-state index contributed by atoms with van der Waals surface area (Å²) in [4.78, 5) is 4.33. The highest BCUT2D eigenvalue weighted by Crippen LogP contribution is 2.17. The molecule has 0 aliphatic rings. The van der Waals surface area contributed by atoms with Gasteiger partial charge >= 0.3 is 0 Å². The molecule has 0 atom stereocenters. The number of nitrogens with zero attached hydrogens (tertiary/aromatic N) is 1. The smallest absolute Gasteiger partial charge is 0.263 e. The van der Waals surface area contributed by atoms with Crippen LogP contribution >= 0.6 is 0 Å². The van der Waals surface area contributed by atoms with E-state index in [4.69, 9.17) is 0 Å². The van der Waals surface area contributed by atoms with Gasteiger partial charge < -0.3 is 0 Å². The van der Waals surface area contributed by atoms with Crippen LogP contribution in [-0.4, -0.2) is 13.4 Å². The average molecular weight is 318 g/mol. The van der Waals surface area contributed by atoms with Gasteiger partial charge in [-0.3, -0.25) is 4.72 Å². The molecule has 2 rings (SSSR count). The summed E-state index contributed by atoms with van der Waals surface area (Å²) in [5.41, 5.74) is 2.20. The minimum atomic E-state index is -3.59. The molecule has 4 nitrogen and oxygen atoms in total. The van der Waals surface area contributed by atoms with Crippen molar-refractivity contribution in [3.8, 4) is 0 Å². The molecule has 0 aliphatic heterocycles. The fourth-order valence-corrected chi connectivity index (χ4v) is 3.16. The number of unbranched alkanes of at least 4 members (excludes halogenated alkanes) is 1. The molecule has 0 amide bonds. The van der Waals surface area contributed by atoms with Gasteiger partial charge in [0.25, 0.3) is 10.0 Å². The SMILES string of the molecule is CCCCc1ccc(S(=O)(=O)Nc2cc(CC)ccn2)cc1. The molecule has 0 unspecified atom stereocenters. The fourth-order valence-electron chi connectivity index (χ4n) is 2.16. The van der Waals surface area contributed by atoms with Crippen molar-refractivity contribution in [1.82, 2.24) is 4.98 Å². The lowest BCUT2D eigenvalue weighted by Gasteiger charge is -2.09. The largest absolute Gasteiger partial charge is 0.263 e. The number of pyridine rings is 1. The van der Waals surface area contributed by atoms with E-state index in [-0.39, 0.29) is 4.90 Å². The van der Waals surface area contributed by atoms with E-state index in [9.17, 15) is 8.42 Å². The number of anilines is 1. The van der Waals surface area contributed by atoms with E-state index in [1.54, 1.807) is 24.4 Å². The molecule has 1 N–H and O–H groups in total. The Kier molecular flexibility index (Phi) is 5.55. The highest BCUT2D eigenvalue weighted by atomic mass is 32.2. The van der Waals surface area contributed by atoms with Crippen LogP contribution in [-0.2, 0) is 22.9 Å². The van der Waals surface area contributed by atoms with Gasteiger partial charge in [-0.2, -0.15) is 0 Å². The highest BCUT2D eigenvalue weighted by Gasteiger charge is 2.14. The minimum Gasteiger partial charge on any atom is -0.263 e. The lowest BCUT2D eigenvalue weighted by atomic mass is 10.1. The van der Waals surface area contributed by atoms with Crippen LogP contribution in [0.15, 0.2) is 47.5 Å². The first-order chi connectivity index (χ1) is 10.5. The van der Waals surface area contributed by atoms with Crippen LogP contribution in [0.1, 0.15) is 37.8 Å². The van der Waals surface area contributed by atoms with Gasteiger partial charge in [0, 0.05) is 6.20 Å². The Morgan fingerprint density at radius 2 is 1.77 bits per heavy atom. The zero-order chi connectivity index (χ0) is 16.0. The third-order valence-corrected chi connectivity index (χ3v) is 4.89. The third kappa shape index (κ3) is 4.31. The van der Waals surface area contributed by atoms with E-state index >= 15 is 0 Å². The Balaban J connectivity index is 2.15. The maximum Gasteiger partial charge on any atom is 0.263 e. The Morgan fingerprint density at radius 3 is 2.41 bits per heavy atom. The second-order valence-electron chi connectivity index (χ2n) is 5.26. The summed E-state index contributed by atoms with van der Waals surface area (Å²) in [5.74, 6) is 0.356. The molecule has 2 aromatic rings. The van der Waals surface area contributed by atoms with Crippen LogP contribution in [0.4, 0.5) is 5.82 Å². The van der Waals surface area contributed by atoms with Crippen LogP contribution in [0, 0.1) is 0 Å². The van der Waals surface area contributed by atoms with Crippen molar-refractivity contribution >= 4 is 15.8 Å². The molecule has 0 spiro atoms. The quantitative estimate of drug-likeness (QED) is 0.845. The standard InChI is InChI=1S/C17H22N2O2S/c1-3-5-6-15-7-9-16(10-8-15)22(20,21)19-17-13-14(4-2)11-12-18-17/h7-13H,3-6H2,1-2H3,(H,18,19). The van der Waals surface area contributed by atoms with Gasteiger partial charge in [0.1, 0.15) is 5.82 Å². The molecular weight excluding hydrogens is 296 g/mol. The van der Waals surface area contributed by atoms with E-state index in [1.165, 1.54) is 0 Å². The maximum atomic E-state index is 12.4. The summed E-state index contributed by atoms with van der Waals surface area (Å²) >= 11 is 0. The highest BCUT2D eigenvalue weighted by molar-refractivity contribution is 7.92. The predicted octanol–water partition coefficient (Wildman–Crippen LogP) is 3.79. The molecule has 0 saturated carbocycles. The maximum absolute atomic E-state index is 12.4. The van der Waals surface area contributed by atoms with Crippen LogP contribution in [0.3, 0.4) is 0 Å². The number of hydrogen-bond acceptors (Lipinski definition) is 3. The summed E-state index contributed by atoms with van der Waals surface area (Å²) in [6.07, 6.45) is 5.66. The number of aromatic nitrogens is 1. The number of aryl methyl sites for hydroxylation is 2. The van der Waals surface area contributed by atoms with Gasteiger partial charge in [0.2, 0.25) is 0 Å². The number of rotatable bonds is 7. The van der Waals surface area contributed by atoms with Crippen molar-refractivity contribution in [1.29, 1.82) is 0 Å². The Bertz CT molecular complexity index is 710. The Morgan fingerprint density at radius 1 is 1.05 bits per heavy atom. The minimum absolute atomic E-state index is 0.261. The summed E-state index contributed by atoms with van der Waals surface area (Å²) in [6.45, 7) is 4.16. The topological polar surface area (TPSA) is 59.1 Å². The first-order valence-corrected chi connectivity index (χ1v) is 9.10. The molecule has 0 saturated heterocycles. The molecular formula is C17H22N2O2S. The van der Waals surface area contributed by atoms with Crippen molar-refractivity contribution in [2.45, 2.75) is 44.4 Å². The zero-order valence-corrected chi connectivity index (χ0v) is 13.9. The molecule has 1 heterocycles. The van der Waals surface area contributed by atoms with Crippen molar-refractivity contribution in [3.63, 3.8) is 0 Å². The van der Waals surface area contributed by atoms with E-state index in [1.807, 2.05) is 25.1 Å². The molecule has 0 aliphatic carbocycles. The zero-order valence-electron chi connectivity index (χ0n) is 13.0. The number of sulfonamides is 1. The number of benzene rings is 1. The van der Waals surface area contributed by atoms with Gasteiger partial charge in [0.05, 0.1) is 4.90 Å². The van der Waals surface area contributed by atoms with Gasteiger partial charge in [0.15, 0.2) is 0 Å². The summed E-state index contributed by atoms with van der Waals surface area (Å²) < 4.78 is 27.3. The van der Waals surface area contributed by atoms with Gasteiger partial charge in [-0.15, -0.1) is 0 Å². The fraction of sp³-hybridized carbons (Fsp3) is 0.353. The number of nitrogens with one attached hydrogen (secondary N) is 1. The number of hydrogen-bond donors (Lipinski definition) is 1. The molecule has 5 heteroatoms. The molecule has 0 fully saturated rings. The van der Waals surface area contributed by atoms with Gasteiger partial charge in [-0.05, 0) is 54.7 Å². The van der Waals surface area contributed by atoms with Crippen molar-refractivity contribution in [3.05, 3.63) is 53.7 Å². The van der Waals surface area contributed by atoms with Crippen LogP contribution in [0.25, 0.3) is 0 Å². The second kappa shape index (κ2) is 7.40. The van der Waals surface area contributed by atoms with E-state index in [2.05, 4.69) is 16.6 Å². The lowest BCUT2D eigenvalue weighted by Crippen LogP contribution is -2.14. The molecule has 0 bridgehead atoms. The van der Waals surface area contributed by atoms with E-state index < -0.39 is 10.0 Å². The van der Waals surface area contributed by atoms with Crippen molar-refractivity contribution in [2.24, 2.45) is 0 Å². The average Bonchev–Trinajstić information content (AvgIpc) is 2.53. The molecule has 1 aromatic carbocycles. The first kappa shape index (κ1) is 16.5. The monoisotopic (exact) mass is 318 g/mol. The molecule has 1 aromatic heterocycles. The van der Waals surface area contributed by atoms with E-state index in [0.717, 1.165) is 36.8 Å². The second-order valence-corrected chi connectivity index (χ2v) is 6.94. The van der Waals surface area contributed by atoms with Crippen LogP contribution < -0.4 is 4.72 Å². The lowest BCUT2D eigenvalue weighted by molar-refractivity contribution is 0.601. The van der Waals surface area contributed by atoms with E-state index in [0.29, 0.717) is 5.82 Å². The summed E-state index contributed by atoms with van der Waals surface area (Å²) in [6, 6.07) is 10.7. The summed E-state index contributed by atoms with van der Waals surface area (Å²) in [7, 11) is -3.59. The van der Waals surface area contributed by atoms with Crippen LogP contribution in [0.5, 0.6) is 0 Å². The third-order valence-electron chi connectivity index (χ3n) is 3.52. The van der Waals surface area contributed by atoms with Gasteiger partial charge in [-0.25, -0.2) is 13.4 Å². The molecule has 22 heavy (non-hydrogen) atoms. The Hall–Kier alpha value is -1.88.